The van der Waals surface area contributed by atoms with Crippen LogP contribution in [0, 0.1) is 6.92 Å². The van der Waals surface area contributed by atoms with Crippen molar-refractivity contribution in [1.29, 1.82) is 0 Å². The van der Waals surface area contributed by atoms with E-state index in [9.17, 15) is 8.78 Å². The zero-order chi connectivity index (χ0) is 15.2. The number of rotatable bonds is 5. The van der Waals surface area contributed by atoms with E-state index in [-0.39, 0.29) is 0 Å². The minimum absolute atomic E-state index is 0.305. The van der Waals surface area contributed by atoms with Gasteiger partial charge in [-0.25, -0.2) is 13.8 Å². The molecule has 0 aliphatic heterocycles. The maximum atomic E-state index is 12.2. The van der Waals surface area contributed by atoms with Gasteiger partial charge in [0.2, 0.25) is 0 Å². The Bertz CT molecular complexity index is 622. The molecule has 6 heteroatoms. The molecule has 4 nitrogen and oxygen atoms in total. The van der Waals surface area contributed by atoms with E-state index in [0.717, 1.165) is 22.3 Å². The van der Waals surface area contributed by atoms with Crippen molar-refractivity contribution in [3.05, 3.63) is 35.6 Å². The Hall–Kier alpha value is -2.11. The molecule has 0 bridgehead atoms. The molecule has 0 unspecified atom stereocenters. The molecule has 114 valence electrons. The normalized spacial score (nSPS) is 12.1. The number of benzene rings is 1. The fourth-order valence-corrected chi connectivity index (χ4v) is 2.04. The second-order valence-corrected chi connectivity index (χ2v) is 4.61. The molecule has 0 aliphatic rings. The number of halogens is 2. The minimum atomic E-state index is -2.42. The summed E-state index contributed by atoms with van der Waals surface area (Å²) in [5.41, 5.74) is 1.84. The van der Waals surface area contributed by atoms with Crippen LogP contribution in [0.1, 0.15) is 18.2 Å². The van der Waals surface area contributed by atoms with Gasteiger partial charge in [-0.15, -0.1) is 0 Å². The highest BCUT2D eigenvalue weighted by atomic mass is 19.3. The van der Waals surface area contributed by atoms with E-state index in [1.54, 1.807) is 0 Å². The number of aliphatic imine (C=N–C) groups is 1. The van der Waals surface area contributed by atoms with Crippen molar-refractivity contribution in [2.45, 2.75) is 26.8 Å². The van der Waals surface area contributed by atoms with Gasteiger partial charge < -0.3 is 15.1 Å². The van der Waals surface area contributed by atoms with Crippen molar-refractivity contribution in [3.8, 4) is 0 Å². The fraction of sp³-hybridized carbons (Fsp3) is 0.400. The smallest absolute Gasteiger partial charge is 0.255 e. The van der Waals surface area contributed by atoms with Gasteiger partial charge in [0.05, 0.1) is 6.54 Å². The molecular formula is C15H19F2N3O. The topological polar surface area (TPSA) is 49.6 Å². The van der Waals surface area contributed by atoms with Crippen LogP contribution in [-0.2, 0) is 6.54 Å². The van der Waals surface area contributed by atoms with Crippen molar-refractivity contribution in [3.63, 3.8) is 0 Å². The van der Waals surface area contributed by atoms with E-state index in [2.05, 4.69) is 15.6 Å². The summed E-state index contributed by atoms with van der Waals surface area (Å²) in [7, 11) is 0. The largest absolute Gasteiger partial charge is 0.459 e. The predicted molar refractivity (Wildman–Crippen MR) is 79.8 cm³/mol. The van der Waals surface area contributed by atoms with E-state index in [1.807, 2.05) is 38.1 Å². The van der Waals surface area contributed by atoms with Crippen LogP contribution in [0.2, 0.25) is 0 Å². The lowest BCUT2D eigenvalue weighted by molar-refractivity contribution is 0.152. The SMILES string of the molecule is CCNC(=NCc1oc2ccccc2c1C)NCC(F)F. The van der Waals surface area contributed by atoms with Crippen LogP contribution in [0.4, 0.5) is 8.78 Å². The predicted octanol–water partition coefficient (Wildman–Crippen LogP) is 3.06. The Labute approximate surface area is 122 Å². The summed E-state index contributed by atoms with van der Waals surface area (Å²) >= 11 is 0. The maximum Gasteiger partial charge on any atom is 0.255 e. The molecule has 1 aromatic heterocycles. The maximum absolute atomic E-state index is 12.2. The lowest BCUT2D eigenvalue weighted by atomic mass is 10.1. The van der Waals surface area contributed by atoms with E-state index in [4.69, 9.17) is 4.42 Å². The van der Waals surface area contributed by atoms with Gasteiger partial charge >= 0.3 is 0 Å². The fourth-order valence-electron chi connectivity index (χ4n) is 2.04. The molecule has 2 N–H and O–H groups in total. The van der Waals surface area contributed by atoms with Crippen LogP contribution in [0.15, 0.2) is 33.7 Å². The van der Waals surface area contributed by atoms with Gasteiger partial charge in [-0.3, -0.25) is 0 Å². The van der Waals surface area contributed by atoms with Crippen LogP contribution < -0.4 is 10.6 Å². The lowest BCUT2D eigenvalue weighted by Gasteiger charge is -2.10. The van der Waals surface area contributed by atoms with Gasteiger partial charge in [0.25, 0.3) is 6.43 Å². The number of hydrogen-bond acceptors (Lipinski definition) is 2. The molecule has 1 aromatic carbocycles. The summed E-state index contributed by atoms with van der Waals surface area (Å²) in [6.45, 7) is 4.33. The lowest BCUT2D eigenvalue weighted by Crippen LogP contribution is -2.39. The number of alkyl halides is 2. The van der Waals surface area contributed by atoms with Crippen molar-refractivity contribution < 1.29 is 13.2 Å². The first-order chi connectivity index (χ1) is 10.1. The number of furan rings is 1. The Balaban J connectivity index is 2.13. The third-order valence-corrected chi connectivity index (χ3v) is 3.09. The molecule has 0 saturated heterocycles. The second kappa shape index (κ2) is 7.06. The van der Waals surface area contributed by atoms with Crippen molar-refractivity contribution >= 4 is 16.9 Å². The van der Waals surface area contributed by atoms with Crippen LogP contribution >= 0.6 is 0 Å². The summed E-state index contributed by atoms with van der Waals surface area (Å²) in [6.07, 6.45) is -2.42. The van der Waals surface area contributed by atoms with E-state index >= 15 is 0 Å². The summed E-state index contributed by atoms with van der Waals surface area (Å²) < 4.78 is 30.2. The van der Waals surface area contributed by atoms with Crippen LogP contribution in [-0.4, -0.2) is 25.5 Å². The Morgan fingerprint density at radius 2 is 2.05 bits per heavy atom. The summed E-state index contributed by atoms with van der Waals surface area (Å²) in [5, 5.41) is 6.57. The highest BCUT2D eigenvalue weighted by Crippen LogP contribution is 2.25. The number of aryl methyl sites for hydroxylation is 1. The Morgan fingerprint density at radius 1 is 1.29 bits per heavy atom. The van der Waals surface area contributed by atoms with Crippen molar-refractivity contribution in [2.24, 2.45) is 4.99 Å². The molecule has 0 spiro atoms. The number of fused-ring (bicyclic) bond motifs is 1. The van der Waals surface area contributed by atoms with E-state index < -0.39 is 13.0 Å². The first kappa shape index (κ1) is 15.3. The highest BCUT2D eigenvalue weighted by Gasteiger charge is 2.10. The highest BCUT2D eigenvalue weighted by molar-refractivity contribution is 5.82. The van der Waals surface area contributed by atoms with Gasteiger partial charge in [-0.05, 0) is 19.9 Å². The molecule has 1 heterocycles. The number of nitrogens with one attached hydrogen (secondary N) is 2. The first-order valence-electron chi connectivity index (χ1n) is 6.89. The van der Waals surface area contributed by atoms with Gasteiger partial charge in [-0.2, -0.15) is 0 Å². The quantitative estimate of drug-likeness (QED) is 0.658. The zero-order valence-corrected chi connectivity index (χ0v) is 12.1. The monoisotopic (exact) mass is 295 g/mol. The molecule has 21 heavy (non-hydrogen) atoms. The molecule has 0 fully saturated rings. The zero-order valence-electron chi connectivity index (χ0n) is 12.1. The van der Waals surface area contributed by atoms with E-state index in [1.165, 1.54) is 0 Å². The Morgan fingerprint density at radius 3 is 2.71 bits per heavy atom. The third-order valence-electron chi connectivity index (χ3n) is 3.09. The molecule has 0 amide bonds. The summed E-state index contributed by atoms with van der Waals surface area (Å²) in [6, 6.07) is 7.75. The Kier molecular flexibility index (Phi) is 5.14. The number of guanidine groups is 1. The molecule has 2 rings (SSSR count). The average molecular weight is 295 g/mol. The molecular weight excluding hydrogens is 276 g/mol. The van der Waals surface area contributed by atoms with Crippen LogP contribution in [0.3, 0.4) is 0 Å². The molecule has 0 atom stereocenters. The number of para-hydroxylation sites is 1. The van der Waals surface area contributed by atoms with Gasteiger partial charge in [0, 0.05) is 17.5 Å². The molecule has 0 saturated carbocycles. The number of hydrogen-bond donors (Lipinski definition) is 2. The standard InChI is InChI=1S/C15H19F2N3O/c1-3-18-15(20-9-14(16)17)19-8-13-10(2)11-6-4-5-7-12(11)21-13/h4-7,14H,3,8-9H2,1-2H3,(H2,18,19,20). The minimum Gasteiger partial charge on any atom is -0.459 e. The molecule has 2 aromatic rings. The van der Waals surface area contributed by atoms with Gasteiger partial charge in [0.15, 0.2) is 5.96 Å². The van der Waals surface area contributed by atoms with Crippen LogP contribution in [0.25, 0.3) is 11.0 Å². The van der Waals surface area contributed by atoms with Crippen LogP contribution in [0.5, 0.6) is 0 Å². The average Bonchev–Trinajstić information content (AvgIpc) is 2.79. The summed E-state index contributed by atoms with van der Waals surface area (Å²) in [5.74, 6) is 1.10. The molecule has 0 radical (unpaired) electrons. The number of nitrogens with zero attached hydrogens (tertiary/aromatic N) is 1. The third kappa shape index (κ3) is 3.93. The van der Waals surface area contributed by atoms with E-state index in [0.29, 0.717) is 19.0 Å². The van der Waals surface area contributed by atoms with Gasteiger partial charge in [0.1, 0.15) is 17.9 Å². The van der Waals surface area contributed by atoms with Gasteiger partial charge in [-0.1, -0.05) is 18.2 Å². The molecule has 0 aliphatic carbocycles. The van der Waals surface area contributed by atoms with Crippen molar-refractivity contribution in [2.75, 3.05) is 13.1 Å². The summed E-state index contributed by atoms with van der Waals surface area (Å²) in [4.78, 5) is 4.28. The first-order valence-corrected chi connectivity index (χ1v) is 6.89. The second-order valence-electron chi connectivity index (χ2n) is 4.61. The van der Waals surface area contributed by atoms with Crippen molar-refractivity contribution in [1.82, 2.24) is 10.6 Å².